The Hall–Kier alpha value is -2.64. The number of amides is 2. The first-order valence-electron chi connectivity index (χ1n) is 6.33. The summed E-state index contributed by atoms with van der Waals surface area (Å²) in [7, 11) is 0. The summed E-state index contributed by atoms with van der Waals surface area (Å²) in [6, 6.07) is 3.13. The highest BCUT2D eigenvalue weighted by molar-refractivity contribution is 6.00. The van der Waals surface area contributed by atoms with Gasteiger partial charge in [-0.25, -0.2) is 0 Å². The van der Waals surface area contributed by atoms with Gasteiger partial charge in [0.2, 0.25) is 5.91 Å². The lowest BCUT2D eigenvalue weighted by molar-refractivity contribution is -0.385. The molecule has 0 saturated heterocycles. The third-order valence-electron chi connectivity index (χ3n) is 2.54. The van der Waals surface area contributed by atoms with Crippen LogP contribution in [0, 0.1) is 16.0 Å². The summed E-state index contributed by atoms with van der Waals surface area (Å²) in [4.78, 5) is 33.4. The van der Waals surface area contributed by atoms with Crippen molar-refractivity contribution < 1.29 is 19.6 Å². The molecule has 0 saturated carbocycles. The summed E-state index contributed by atoms with van der Waals surface area (Å²) in [5.74, 6) is -1.18. The molecule has 0 atom stereocenters. The van der Waals surface area contributed by atoms with E-state index in [4.69, 9.17) is 0 Å². The van der Waals surface area contributed by atoms with Gasteiger partial charge >= 0.3 is 0 Å². The van der Waals surface area contributed by atoms with E-state index in [1.807, 2.05) is 13.8 Å². The van der Waals surface area contributed by atoms with Crippen LogP contribution in [0.3, 0.4) is 0 Å². The normalized spacial score (nSPS) is 10.2. The molecule has 0 aromatic heterocycles. The monoisotopic (exact) mass is 295 g/mol. The zero-order valence-electron chi connectivity index (χ0n) is 11.8. The second kappa shape index (κ2) is 7.22. The predicted octanol–water partition coefficient (Wildman–Crippen LogP) is 0.802. The van der Waals surface area contributed by atoms with Crippen molar-refractivity contribution in [2.24, 2.45) is 5.92 Å². The van der Waals surface area contributed by atoms with Gasteiger partial charge in [-0.1, -0.05) is 13.8 Å². The van der Waals surface area contributed by atoms with E-state index >= 15 is 0 Å². The fourth-order valence-corrected chi connectivity index (χ4v) is 1.50. The molecular weight excluding hydrogens is 278 g/mol. The molecule has 0 spiro atoms. The standard InChI is InChI=1S/C13H17N3O5/c1-8(2)6-14-12(18)7-15-13(19)10-5-9(17)3-4-11(10)16(20)21/h3-5,8,17H,6-7H2,1-2H3,(H,14,18)(H,15,19). The van der Waals surface area contributed by atoms with E-state index in [1.54, 1.807) is 0 Å². The van der Waals surface area contributed by atoms with Crippen LogP contribution in [0.5, 0.6) is 5.75 Å². The summed E-state index contributed by atoms with van der Waals surface area (Å²) < 4.78 is 0. The van der Waals surface area contributed by atoms with Crippen molar-refractivity contribution >= 4 is 17.5 Å². The number of hydrogen-bond acceptors (Lipinski definition) is 5. The molecule has 0 fully saturated rings. The molecule has 3 N–H and O–H groups in total. The van der Waals surface area contributed by atoms with E-state index in [0.717, 1.165) is 18.2 Å². The van der Waals surface area contributed by atoms with Crippen molar-refractivity contribution in [2.75, 3.05) is 13.1 Å². The highest BCUT2D eigenvalue weighted by Gasteiger charge is 2.21. The van der Waals surface area contributed by atoms with E-state index in [2.05, 4.69) is 10.6 Å². The third kappa shape index (κ3) is 5.09. The van der Waals surface area contributed by atoms with E-state index in [0.29, 0.717) is 6.54 Å². The number of phenolic OH excluding ortho intramolecular Hbond substituents is 1. The lowest BCUT2D eigenvalue weighted by atomic mass is 10.1. The molecule has 114 valence electrons. The fourth-order valence-electron chi connectivity index (χ4n) is 1.50. The number of rotatable bonds is 6. The molecule has 0 bridgehead atoms. The molecule has 0 heterocycles. The first kappa shape index (κ1) is 16.4. The number of carbonyl (C=O) groups is 2. The van der Waals surface area contributed by atoms with Crippen LogP contribution in [0.25, 0.3) is 0 Å². The fraction of sp³-hybridized carbons (Fsp3) is 0.385. The SMILES string of the molecule is CC(C)CNC(=O)CNC(=O)c1cc(O)ccc1[N+](=O)[O-]. The van der Waals surface area contributed by atoms with E-state index in [-0.39, 0.29) is 29.7 Å². The van der Waals surface area contributed by atoms with Gasteiger partial charge in [-0.15, -0.1) is 0 Å². The first-order chi connectivity index (χ1) is 9.81. The smallest absolute Gasteiger partial charge is 0.282 e. The van der Waals surface area contributed by atoms with Crippen molar-refractivity contribution in [2.45, 2.75) is 13.8 Å². The topological polar surface area (TPSA) is 122 Å². The van der Waals surface area contributed by atoms with Crippen LogP contribution in [-0.2, 0) is 4.79 Å². The van der Waals surface area contributed by atoms with Crippen molar-refractivity contribution in [3.8, 4) is 5.75 Å². The van der Waals surface area contributed by atoms with Crippen LogP contribution in [0.15, 0.2) is 18.2 Å². The Bertz CT molecular complexity index is 557. The van der Waals surface area contributed by atoms with Crippen LogP contribution >= 0.6 is 0 Å². The van der Waals surface area contributed by atoms with Gasteiger partial charge in [-0.3, -0.25) is 19.7 Å². The van der Waals surface area contributed by atoms with Crippen LogP contribution in [0.4, 0.5) is 5.69 Å². The largest absolute Gasteiger partial charge is 0.508 e. The maximum Gasteiger partial charge on any atom is 0.282 e. The van der Waals surface area contributed by atoms with Gasteiger partial charge in [0.15, 0.2) is 0 Å². The van der Waals surface area contributed by atoms with Gasteiger partial charge in [0.25, 0.3) is 11.6 Å². The molecule has 8 heteroatoms. The van der Waals surface area contributed by atoms with Crippen LogP contribution < -0.4 is 10.6 Å². The molecule has 8 nitrogen and oxygen atoms in total. The number of aromatic hydroxyl groups is 1. The molecule has 2 amide bonds. The van der Waals surface area contributed by atoms with E-state index in [9.17, 15) is 24.8 Å². The average Bonchev–Trinajstić information content (AvgIpc) is 2.41. The minimum absolute atomic E-state index is 0.269. The average molecular weight is 295 g/mol. The summed E-state index contributed by atoms with van der Waals surface area (Å²) in [6.07, 6.45) is 0. The second-order valence-corrected chi connectivity index (χ2v) is 4.84. The zero-order valence-corrected chi connectivity index (χ0v) is 11.8. The molecular formula is C13H17N3O5. The molecule has 1 rings (SSSR count). The lowest BCUT2D eigenvalue weighted by Crippen LogP contribution is -2.38. The molecule has 0 unspecified atom stereocenters. The summed E-state index contributed by atoms with van der Waals surface area (Å²) in [5, 5.41) is 25.0. The number of benzene rings is 1. The maximum atomic E-state index is 11.9. The number of nitrogens with one attached hydrogen (secondary N) is 2. The van der Waals surface area contributed by atoms with Crippen LogP contribution in [0.1, 0.15) is 24.2 Å². The number of phenols is 1. The Kier molecular flexibility index (Phi) is 5.65. The lowest BCUT2D eigenvalue weighted by Gasteiger charge is -2.09. The summed E-state index contributed by atoms with van der Waals surface area (Å²) in [5.41, 5.74) is -0.732. The molecule has 0 aliphatic rings. The van der Waals surface area contributed by atoms with Gasteiger partial charge in [-0.05, 0) is 18.1 Å². The Morgan fingerprint density at radius 3 is 2.57 bits per heavy atom. The molecule has 0 radical (unpaired) electrons. The summed E-state index contributed by atoms with van der Waals surface area (Å²) in [6.45, 7) is 4.03. The quantitative estimate of drug-likeness (QED) is 0.529. The Morgan fingerprint density at radius 1 is 1.33 bits per heavy atom. The van der Waals surface area contributed by atoms with Gasteiger partial charge in [-0.2, -0.15) is 0 Å². The number of nitro benzene ring substituents is 1. The number of carbonyl (C=O) groups excluding carboxylic acids is 2. The zero-order chi connectivity index (χ0) is 16.0. The van der Waals surface area contributed by atoms with Crippen LogP contribution in [0.2, 0.25) is 0 Å². The van der Waals surface area contributed by atoms with Gasteiger partial charge in [0.1, 0.15) is 11.3 Å². The van der Waals surface area contributed by atoms with Gasteiger partial charge in [0.05, 0.1) is 11.5 Å². The van der Waals surface area contributed by atoms with Crippen molar-refractivity contribution in [1.29, 1.82) is 0 Å². The van der Waals surface area contributed by atoms with E-state index in [1.165, 1.54) is 0 Å². The predicted molar refractivity (Wildman–Crippen MR) is 74.9 cm³/mol. The van der Waals surface area contributed by atoms with Gasteiger partial charge < -0.3 is 15.7 Å². The minimum atomic E-state index is -0.794. The minimum Gasteiger partial charge on any atom is -0.508 e. The summed E-state index contributed by atoms with van der Waals surface area (Å²) >= 11 is 0. The van der Waals surface area contributed by atoms with Crippen molar-refractivity contribution in [1.82, 2.24) is 10.6 Å². The Labute approximate surface area is 121 Å². The molecule has 21 heavy (non-hydrogen) atoms. The second-order valence-electron chi connectivity index (χ2n) is 4.84. The first-order valence-corrected chi connectivity index (χ1v) is 6.33. The third-order valence-corrected chi connectivity index (χ3v) is 2.54. The number of nitrogens with zero attached hydrogens (tertiary/aromatic N) is 1. The highest BCUT2D eigenvalue weighted by Crippen LogP contribution is 2.22. The van der Waals surface area contributed by atoms with Crippen LogP contribution in [-0.4, -0.2) is 34.9 Å². The Balaban J connectivity index is 2.70. The van der Waals surface area contributed by atoms with Crippen molar-refractivity contribution in [3.05, 3.63) is 33.9 Å². The molecule has 0 aliphatic carbocycles. The van der Waals surface area contributed by atoms with Crippen molar-refractivity contribution in [3.63, 3.8) is 0 Å². The number of hydrogen-bond donors (Lipinski definition) is 3. The Morgan fingerprint density at radius 2 is 2.00 bits per heavy atom. The molecule has 1 aromatic carbocycles. The highest BCUT2D eigenvalue weighted by atomic mass is 16.6. The van der Waals surface area contributed by atoms with Gasteiger partial charge in [0, 0.05) is 12.6 Å². The number of nitro groups is 1. The molecule has 0 aliphatic heterocycles. The van der Waals surface area contributed by atoms with E-state index < -0.39 is 16.5 Å². The molecule has 1 aromatic rings. The maximum absolute atomic E-state index is 11.9.